The molecular weight excluding hydrogens is 250 g/mol. The van der Waals surface area contributed by atoms with E-state index < -0.39 is 0 Å². The van der Waals surface area contributed by atoms with Crippen molar-refractivity contribution in [1.82, 2.24) is 15.3 Å². The molecule has 0 bridgehead atoms. The fourth-order valence-electron chi connectivity index (χ4n) is 2.83. The Bertz CT molecular complexity index is 405. The summed E-state index contributed by atoms with van der Waals surface area (Å²) in [6.45, 7) is 10.2. The minimum absolute atomic E-state index is 0.605. The highest BCUT2D eigenvalue weighted by atomic mass is 16.5. The summed E-state index contributed by atoms with van der Waals surface area (Å²) >= 11 is 0. The smallest absolute Gasteiger partial charge is 0.129 e. The van der Waals surface area contributed by atoms with Gasteiger partial charge in [0.2, 0.25) is 0 Å². The predicted octanol–water partition coefficient (Wildman–Crippen LogP) is 2.21. The van der Waals surface area contributed by atoms with Gasteiger partial charge in [0.05, 0.1) is 0 Å². The Labute approximate surface area is 122 Å². The number of hydrogen-bond acceptors (Lipinski definition) is 4. The highest BCUT2D eigenvalue weighted by Crippen LogP contribution is 2.18. The maximum absolute atomic E-state index is 5.43. The van der Waals surface area contributed by atoms with Gasteiger partial charge in [0.25, 0.3) is 0 Å². The van der Waals surface area contributed by atoms with Crippen LogP contribution in [0.2, 0.25) is 0 Å². The zero-order valence-corrected chi connectivity index (χ0v) is 13.0. The van der Waals surface area contributed by atoms with Crippen LogP contribution in [0.15, 0.2) is 0 Å². The van der Waals surface area contributed by atoms with Gasteiger partial charge in [-0.25, -0.2) is 9.97 Å². The fourth-order valence-corrected chi connectivity index (χ4v) is 2.83. The number of nitrogens with one attached hydrogen (secondary N) is 1. The Morgan fingerprint density at radius 2 is 2.00 bits per heavy atom. The van der Waals surface area contributed by atoms with Gasteiger partial charge in [-0.2, -0.15) is 0 Å². The van der Waals surface area contributed by atoms with Gasteiger partial charge in [-0.1, -0.05) is 6.92 Å². The van der Waals surface area contributed by atoms with Crippen molar-refractivity contribution in [2.75, 3.05) is 26.3 Å². The molecule has 4 nitrogen and oxygen atoms in total. The molecular formula is C16H27N3O. The van der Waals surface area contributed by atoms with E-state index in [-0.39, 0.29) is 0 Å². The molecule has 1 unspecified atom stereocenters. The first-order chi connectivity index (χ1) is 9.70. The first-order valence-corrected chi connectivity index (χ1v) is 7.82. The number of ether oxygens (including phenoxy) is 1. The van der Waals surface area contributed by atoms with E-state index in [2.05, 4.69) is 26.1 Å². The molecule has 0 spiro atoms. The summed E-state index contributed by atoms with van der Waals surface area (Å²) in [5.74, 6) is 1.60. The second-order valence-corrected chi connectivity index (χ2v) is 5.68. The van der Waals surface area contributed by atoms with Gasteiger partial charge in [0.15, 0.2) is 0 Å². The van der Waals surface area contributed by atoms with E-state index in [0.29, 0.717) is 5.92 Å². The molecule has 0 aromatic carbocycles. The average molecular weight is 277 g/mol. The van der Waals surface area contributed by atoms with Crippen LogP contribution in [0.1, 0.15) is 42.5 Å². The SMILES string of the molecule is CCNCCCc1c(C)nc(CC2CCOC2)nc1C. The standard InChI is InChI=1S/C16H27N3O/c1-4-17-8-5-6-15-12(2)18-16(19-13(15)3)10-14-7-9-20-11-14/h14,17H,4-11H2,1-3H3. The van der Waals surface area contributed by atoms with Gasteiger partial charge < -0.3 is 10.1 Å². The summed E-state index contributed by atoms with van der Waals surface area (Å²) in [4.78, 5) is 9.42. The van der Waals surface area contributed by atoms with Gasteiger partial charge in [-0.3, -0.25) is 0 Å². The van der Waals surface area contributed by atoms with Crippen LogP contribution in [0.5, 0.6) is 0 Å². The molecule has 2 heterocycles. The molecule has 1 aliphatic rings. The third-order valence-electron chi connectivity index (χ3n) is 3.99. The van der Waals surface area contributed by atoms with Crippen LogP contribution in [0.25, 0.3) is 0 Å². The van der Waals surface area contributed by atoms with Crippen molar-refractivity contribution >= 4 is 0 Å². The van der Waals surface area contributed by atoms with E-state index in [0.717, 1.165) is 69.2 Å². The lowest BCUT2D eigenvalue weighted by Gasteiger charge is -2.12. The maximum atomic E-state index is 5.43. The monoisotopic (exact) mass is 277 g/mol. The van der Waals surface area contributed by atoms with Crippen molar-refractivity contribution in [3.63, 3.8) is 0 Å². The minimum Gasteiger partial charge on any atom is -0.381 e. The van der Waals surface area contributed by atoms with Gasteiger partial charge in [-0.05, 0) is 57.7 Å². The number of aromatic nitrogens is 2. The topological polar surface area (TPSA) is 47.0 Å². The largest absolute Gasteiger partial charge is 0.381 e. The van der Waals surface area contributed by atoms with Crippen LogP contribution in [0.3, 0.4) is 0 Å². The lowest BCUT2D eigenvalue weighted by Crippen LogP contribution is -2.16. The maximum Gasteiger partial charge on any atom is 0.129 e. The van der Waals surface area contributed by atoms with Crippen LogP contribution in [-0.4, -0.2) is 36.3 Å². The van der Waals surface area contributed by atoms with Crippen LogP contribution in [0.4, 0.5) is 0 Å². The van der Waals surface area contributed by atoms with Crippen LogP contribution in [-0.2, 0) is 17.6 Å². The molecule has 1 saturated heterocycles. The molecule has 112 valence electrons. The summed E-state index contributed by atoms with van der Waals surface area (Å²) in [5.41, 5.74) is 3.64. The summed E-state index contributed by atoms with van der Waals surface area (Å²) in [5, 5.41) is 3.36. The van der Waals surface area contributed by atoms with Gasteiger partial charge in [0, 0.05) is 31.0 Å². The van der Waals surface area contributed by atoms with E-state index in [1.165, 1.54) is 5.56 Å². The second kappa shape index (κ2) is 7.70. The molecule has 0 amide bonds. The number of rotatable bonds is 7. The average Bonchev–Trinajstić information content (AvgIpc) is 2.90. The Kier molecular flexibility index (Phi) is 5.92. The number of nitrogens with zero attached hydrogens (tertiary/aromatic N) is 2. The third kappa shape index (κ3) is 4.25. The van der Waals surface area contributed by atoms with Crippen molar-refractivity contribution in [1.29, 1.82) is 0 Å². The molecule has 4 heteroatoms. The lowest BCUT2D eigenvalue weighted by atomic mass is 10.0. The normalized spacial score (nSPS) is 18.6. The van der Waals surface area contributed by atoms with Gasteiger partial charge >= 0.3 is 0 Å². The summed E-state index contributed by atoms with van der Waals surface area (Å²) in [6, 6.07) is 0. The number of hydrogen-bond donors (Lipinski definition) is 1. The molecule has 1 aromatic heterocycles. The summed E-state index contributed by atoms with van der Waals surface area (Å²) in [7, 11) is 0. The van der Waals surface area contributed by atoms with Crippen molar-refractivity contribution in [3.05, 3.63) is 22.8 Å². The fraction of sp³-hybridized carbons (Fsp3) is 0.750. The zero-order valence-electron chi connectivity index (χ0n) is 13.0. The van der Waals surface area contributed by atoms with Crippen molar-refractivity contribution in [2.24, 2.45) is 5.92 Å². The minimum atomic E-state index is 0.605. The van der Waals surface area contributed by atoms with Crippen molar-refractivity contribution in [2.45, 2.75) is 46.5 Å². The van der Waals surface area contributed by atoms with Gasteiger partial charge in [-0.15, -0.1) is 0 Å². The first kappa shape index (κ1) is 15.4. The second-order valence-electron chi connectivity index (χ2n) is 5.68. The van der Waals surface area contributed by atoms with Crippen LogP contribution >= 0.6 is 0 Å². The molecule has 2 rings (SSSR count). The van der Waals surface area contributed by atoms with E-state index in [9.17, 15) is 0 Å². The summed E-state index contributed by atoms with van der Waals surface area (Å²) < 4.78 is 5.43. The Hall–Kier alpha value is -1.00. The molecule has 1 aliphatic heterocycles. The summed E-state index contributed by atoms with van der Waals surface area (Å²) in [6.07, 6.45) is 4.32. The molecule has 1 fully saturated rings. The first-order valence-electron chi connectivity index (χ1n) is 7.82. The van der Waals surface area contributed by atoms with E-state index in [1.807, 2.05) is 0 Å². The van der Waals surface area contributed by atoms with Crippen LogP contribution < -0.4 is 5.32 Å². The molecule has 1 aromatic rings. The Morgan fingerprint density at radius 3 is 2.60 bits per heavy atom. The quantitative estimate of drug-likeness (QED) is 0.776. The number of aryl methyl sites for hydroxylation is 2. The highest BCUT2D eigenvalue weighted by Gasteiger charge is 2.18. The zero-order chi connectivity index (χ0) is 14.4. The van der Waals surface area contributed by atoms with E-state index in [1.54, 1.807) is 0 Å². The van der Waals surface area contributed by atoms with E-state index in [4.69, 9.17) is 14.7 Å². The van der Waals surface area contributed by atoms with E-state index >= 15 is 0 Å². The molecule has 1 N–H and O–H groups in total. The van der Waals surface area contributed by atoms with Crippen molar-refractivity contribution < 1.29 is 4.74 Å². The Balaban J connectivity index is 1.96. The van der Waals surface area contributed by atoms with Crippen LogP contribution in [0, 0.1) is 19.8 Å². The lowest BCUT2D eigenvalue weighted by molar-refractivity contribution is 0.185. The van der Waals surface area contributed by atoms with Gasteiger partial charge in [0.1, 0.15) is 5.82 Å². The highest BCUT2D eigenvalue weighted by molar-refractivity contribution is 5.24. The molecule has 1 atom stereocenters. The molecule has 0 saturated carbocycles. The molecule has 20 heavy (non-hydrogen) atoms. The molecule has 0 aliphatic carbocycles. The predicted molar refractivity (Wildman–Crippen MR) is 81.0 cm³/mol. The molecule has 0 radical (unpaired) electrons. The van der Waals surface area contributed by atoms with Crippen molar-refractivity contribution in [3.8, 4) is 0 Å². The third-order valence-corrected chi connectivity index (χ3v) is 3.99. The Morgan fingerprint density at radius 1 is 1.25 bits per heavy atom.